The molecule has 0 N–H and O–H groups in total. The fourth-order valence-electron chi connectivity index (χ4n) is 1.19. The second-order valence-corrected chi connectivity index (χ2v) is 3.87. The lowest BCUT2D eigenvalue weighted by molar-refractivity contribution is 0.386. The fraction of sp³-hybridized carbons (Fsp3) is 0.222. The van der Waals surface area contributed by atoms with Gasteiger partial charge in [0.1, 0.15) is 0 Å². The van der Waals surface area contributed by atoms with E-state index in [9.17, 15) is 4.79 Å². The van der Waals surface area contributed by atoms with Crippen LogP contribution in [0.5, 0.6) is 0 Å². The molecule has 0 radical (unpaired) electrons. The van der Waals surface area contributed by atoms with E-state index in [4.69, 9.17) is 4.52 Å². The van der Waals surface area contributed by atoms with E-state index in [0.717, 1.165) is 0 Å². The molecule has 0 spiro atoms. The average molecular weight is 270 g/mol. The zero-order valence-corrected chi connectivity index (χ0v) is 9.56. The van der Waals surface area contributed by atoms with E-state index in [-0.39, 0.29) is 5.56 Å². The summed E-state index contributed by atoms with van der Waals surface area (Å²) in [5.41, 5.74) is -0.111. The molecular weight excluding hydrogens is 262 g/mol. The highest BCUT2D eigenvalue weighted by Gasteiger charge is 2.05. The minimum Gasteiger partial charge on any atom is -0.340 e. The van der Waals surface area contributed by atoms with Gasteiger partial charge in [0.25, 0.3) is 5.56 Å². The second-order valence-electron chi connectivity index (χ2n) is 3.02. The van der Waals surface area contributed by atoms with E-state index in [0.29, 0.717) is 22.7 Å². The van der Waals surface area contributed by atoms with Crippen molar-refractivity contribution in [2.45, 2.75) is 13.5 Å². The Bertz CT molecular complexity index is 532. The molecule has 0 saturated carbocycles. The van der Waals surface area contributed by atoms with Crippen LogP contribution in [0.3, 0.4) is 0 Å². The van der Waals surface area contributed by atoms with Crippen molar-refractivity contribution in [3.05, 3.63) is 44.9 Å². The van der Waals surface area contributed by atoms with Gasteiger partial charge in [-0.05, 0) is 28.1 Å². The third kappa shape index (κ3) is 2.15. The molecule has 15 heavy (non-hydrogen) atoms. The lowest BCUT2D eigenvalue weighted by Gasteiger charge is -2.01. The van der Waals surface area contributed by atoms with E-state index in [1.54, 1.807) is 25.3 Å². The van der Waals surface area contributed by atoms with Crippen molar-refractivity contribution < 1.29 is 4.52 Å². The van der Waals surface area contributed by atoms with Gasteiger partial charge >= 0.3 is 0 Å². The highest BCUT2D eigenvalue weighted by atomic mass is 79.9. The topological polar surface area (TPSA) is 60.9 Å². The molecule has 0 atom stereocenters. The van der Waals surface area contributed by atoms with E-state index in [2.05, 4.69) is 26.1 Å². The van der Waals surface area contributed by atoms with Crippen LogP contribution < -0.4 is 5.56 Å². The summed E-state index contributed by atoms with van der Waals surface area (Å²) in [4.78, 5) is 15.6. The molecule has 78 valence electrons. The van der Waals surface area contributed by atoms with Crippen molar-refractivity contribution >= 4 is 15.9 Å². The first-order valence-electron chi connectivity index (χ1n) is 4.31. The molecule has 0 aliphatic carbocycles. The summed E-state index contributed by atoms with van der Waals surface area (Å²) in [7, 11) is 0. The average Bonchev–Trinajstić information content (AvgIpc) is 2.59. The second kappa shape index (κ2) is 3.98. The molecule has 0 aromatic carbocycles. The molecule has 2 aromatic heterocycles. The number of pyridine rings is 1. The van der Waals surface area contributed by atoms with Crippen molar-refractivity contribution in [2.75, 3.05) is 0 Å². The van der Waals surface area contributed by atoms with Crippen molar-refractivity contribution in [2.24, 2.45) is 0 Å². The quantitative estimate of drug-likeness (QED) is 0.826. The Morgan fingerprint density at radius 1 is 1.60 bits per heavy atom. The van der Waals surface area contributed by atoms with Crippen LogP contribution in [0.15, 0.2) is 32.1 Å². The van der Waals surface area contributed by atoms with Crippen molar-refractivity contribution in [1.29, 1.82) is 0 Å². The molecule has 2 rings (SSSR count). The van der Waals surface area contributed by atoms with Gasteiger partial charge in [0.2, 0.25) is 5.89 Å². The third-order valence-electron chi connectivity index (χ3n) is 1.86. The van der Waals surface area contributed by atoms with Crippen LogP contribution in [0, 0.1) is 6.92 Å². The number of hydrogen-bond donors (Lipinski definition) is 0. The van der Waals surface area contributed by atoms with E-state index in [1.807, 2.05) is 0 Å². The van der Waals surface area contributed by atoms with Crippen molar-refractivity contribution in [3.63, 3.8) is 0 Å². The molecule has 0 aliphatic heterocycles. The first kappa shape index (κ1) is 10.1. The Morgan fingerprint density at radius 2 is 2.40 bits per heavy atom. The molecule has 0 fully saturated rings. The Kier molecular flexibility index (Phi) is 2.68. The van der Waals surface area contributed by atoms with Gasteiger partial charge in [-0.2, -0.15) is 4.98 Å². The van der Waals surface area contributed by atoms with Gasteiger partial charge in [-0.25, -0.2) is 0 Å². The number of aryl methyl sites for hydroxylation is 1. The molecule has 2 aromatic rings. The van der Waals surface area contributed by atoms with Crippen LogP contribution in [0.1, 0.15) is 11.7 Å². The lowest BCUT2D eigenvalue weighted by atomic mass is 10.4. The fourth-order valence-corrected chi connectivity index (χ4v) is 1.57. The van der Waals surface area contributed by atoms with E-state index in [1.165, 1.54) is 4.57 Å². The summed E-state index contributed by atoms with van der Waals surface area (Å²) in [6, 6.07) is 3.47. The minimum absolute atomic E-state index is 0.111. The largest absolute Gasteiger partial charge is 0.340 e. The molecule has 2 heterocycles. The Labute approximate surface area is 93.9 Å². The highest BCUT2D eigenvalue weighted by molar-refractivity contribution is 9.10. The van der Waals surface area contributed by atoms with Crippen LogP contribution in [0.4, 0.5) is 0 Å². The molecule has 0 saturated heterocycles. The van der Waals surface area contributed by atoms with Gasteiger partial charge in [0.05, 0.1) is 11.0 Å². The summed E-state index contributed by atoms with van der Waals surface area (Å²) in [6.45, 7) is 2.02. The van der Waals surface area contributed by atoms with Crippen molar-refractivity contribution in [1.82, 2.24) is 14.7 Å². The van der Waals surface area contributed by atoms with E-state index >= 15 is 0 Å². The normalized spacial score (nSPS) is 10.5. The lowest BCUT2D eigenvalue weighted by Crippen LogP contribution is -2.20. The number of rotatable bonds is 2. The van der Waals surface area contributed by atoms with Crippen LogP contribution in [0.2, 0.25) is 0 Å². The maximum absolute atomic E-state index is 11.6. The van der Waals surface area contributed by atoms with E-state index < -0.39 is 0 Å². The van der Waals surface area contributed by atoms with Gasteiger partial charge in [-0.1, -0.05) is 5.16 Å². The first-order valence-corrected chi connectivity index (χ1v) is 5.10. The first-order chi connectivity index (χ1) is 7.16. The summed E-state index contributed by atoms with van der Waals surface area (Å²) < 4.78 is 6.85. The molecule has 5 nitrogen and oxygen atoms in total. The summed E-state index contributed by atoms with van der Waals surface area (Å²) in [5, 5.41) is 3.72. The van der Waals surface area contributed by atoms with Crippen LogP contribution >= 0.6 is 15.9 Å². The molecular formula is C9H8BrN3O2. The smallest absolute Gasteiger partial charge is 0.265 e. The highest BCUT2D eigenvalue weighted by Crippen LogP contribution is 2.02. The Morgan fingerprint density at radius 3 is 3.07 bits per heavy atom. The molecule has 6 heteroatoms. The number of hydrogen-bond acceptors (Lipinski definition) is 4. The number of aromatic nitrogens is 3. The van der Waals surface area contributed by atoms with Gasteiger partial charge in [0.15, 0.2) is 5.82 Å². The molecule has 0 bridgehead atoms. The number of halogens is 1. The van der Waals surface area contributed by atoms with Gasteiger partial charge in [0, 0.05) is 13.1 Å². The third-order valence-corrected chi connectivity index (χ3v) is 2.46. The maximum Gasteiger partial charge on any atom is 0.265 e. The summed E-state index contributed by atoms with van der Waals surface area (Å²) in [6.07, 6.45) is 1.68. The summed E-state index contributed by atoms with van der Waals surface area (Å²) in [5.74, 6) is 0.987. The monoisotopic (exact) mass is 269 g/mol. The zero-order valence-electron chi connectivity index (χ0n) is 7.98. The SMILES string of the molecule is Cc1nc(Cn2cccc(Br)c2=O)no1. The Balaban J connectivity index is 2.32. The molecule has 0 unspecified atom stereocenters. The van der Waals surface area contributed by atoms with Crippen LogP contribution in [0.25, 0.3) is 0 Å². The van der Waals surface area contributed by atoms with Gasteiger partial charge < -0.3 is 9.09 Å². The standard InChI is InChI=1S/C9H8BrN3O2/c1-6-11-8(12-15-6)5-13-4-2-3-7(10)9(13)14/h2-4H,5H2,1H3. The van der Waals surface area contributed by atoms with Crippen LogP contribution in [-0.2, 0) is 6.54 Å². The number of nitrogens with zero attached hydrogens (tertiary/aromatic N) is 3. The predicted molar refractivity (Wildman–Crippen MR) is 56.5 cm³/mol. The Hall–Kier alpha value is -1.43. The molecule has 0 aliphatic rings. The van der Waals surface area contributed by atoms with Gasteiger partial charge in [-0.3, -0.25) is 4.79 Å². The minimum atomic E-state index is -0.111. The van der Waals surface area contributed by atoms with Gasteiger partial charge in [-0.15, -0.1) is 0 Å². The maximum atomic E-state index is 11.6. The van der Waals surface area contributed by atoms with Crippen LogP contribution in [-0.4, -0.2) is 14.7 Å². The predicted octanol–water partition coefficient (Wildman–Crippen LogP) is 1.35. The zero-order chi connectivity index (χ0) is 10.8. The van der Waals surface area contributed by atoms with Crippen molar-refractivity contribution in [3.8, 4) is 0 Å². The summed E-state index contributed by atoms with van der Waals surface area (Å²) >= 11 is 3.17. The molecule has 0 amide bonds.